The second-order valence-electron chi connectivity index (χ2n) is 5.79. The number of hydrogen-bond acceptors (Lipinski definition) is 4. The number of alkyl halides is 3. The minimum Gasteiger partial charge on any atom is -0.356 e. The lowest BCUT2D eigenvalue weighted by atomic mass is 10.1. The van der Waals surface area contributed by atoms with Gasteiger partial charge in [0.05, 0.1) is 16.7 Å². The van der Waals surface area contributed by atoms with E-state index < -0.39 is 28.3 Å². The summed E-state index contributed by atoms with van der Waals surface area (Å²) >= 11 is 0. The largest absolute Gasteiger partial charge is 0.416 e. The first kappa shape index (κ1) is 19.1. The van der Waals surface area contributed by atoms with Crippen LogP contribution in [0.1, 0.15) is 11.1 Å². The molecular weight excluding hydrogens is 381 g/mol. The molecule has 3 aromatic rings. The smallest absolute Gasteiger partial charge is 0.356 e. The summed E-state index contributed by atoms with van der Waals surface area (Å²) in [5.74, 6) is 0.248. The topological polar surface area (TPSA) is 63.4 Å². The highest BCUT2D eigenvalue weighted by Crippen LogP contribution is 2.34. The molecule has 142 valence electrons. The molecule has 1 heterocycles. The number of aromatic nitrogens is 1. The zero-order chi connectivity index (χ0) is 19.7. The Morgan fingerprint density at radius 1 is 1.04 bits per heavy atom. The summed E-state index contributed by atoms with van der Waals surface area (Å²) in [5, 5.41) is 3.56. The van der Waals surface area contributed by atoms with E-state index in [-0.39, 0.29) is 21.8 Å². The van der Waals surface area contributed by atoms with E-state index in [2.05, 4.69) is 5.16 Å². The average molecular weight is 396 g/mol. The van der Waals surface area contributed by atoms with Crippen LogP contribution in [0.5, 0.6) is 0 Å². The zero-order valence-electron chi connectivity index (χ0n) is 14.1. The number of benzene rings is 2. The number of hydrogen-bond donors (Lipinski definition) is 0. The highest BCUT2D eigenvalue weighted by molar-refractivity contribution is 7.89. The molecule has 0 aliphatic rings. The van der Waals surface area contributed by atoms with Crippen molar-refractivity contribution in [2.24, 2.45) is 0 Å². The molecule has 0 saturated heterocycles. The Morgan fingerprint density at radius 3 is 2.37 bits per heavy atom. The van der Waals surface area contributed by atoms with Crippen LogP contribution in [-0.4, -0.2) is 24.9 Å². The first-order valence-corrected chi connectivity index (χ1v) is 9.27. The van der Waals surface area contributed by atoms with Gasteiger partial charge in [0.1, 0.15) is 0 Å². The van der Waals surface area contributed by atoms with E-state index in [9.17, 15) is 21.6 Å². The van der Waals surface area contributed by atoms with E-state index in [1.165, 1.54) is 49.6 Å². The van der Waals surface area contributed by atoms with E-state index in [0.717, 1.165) is 10.4 Å². The molecule has 2 aromatic carbocycles. The van der Waals surface area contributed by atoms with Gasteiger partial charge >= 0.3 is 6.18 Å². The molecule has 0 bridgehead atoms. The van der Waals surface area contributed by atoms with Crippen LogP contribution in [0, 0.1) is 0 Å². The Labute approximate surface area is 154 Å². The number of rotatable bonds is 5. The Morgan fingerprint density at radius 2 is 1.70 bits per heavy atom. The van der Waals surface area contributed by atoms with Crippen LogP contribution >= 0.6 is 0 Å². The van der Waals surface area contributed by atoms with Gasteiger partial charge in [0.2, 0.25) is 10.0 Å². The van der Waals surface area contributed by atoms with Crippen molar-refractivity contribution >= 4 is 10.0 Å². The van der Waals surface area contributed by atoms with Crippen molar-refractivity contribution in [3.05, 3.63) is 71.9 Å². The van der Waals surface area contributed by atoms with E-state index >= 15 is 0 Å². The van der Waals surface area contributed by atoms with Gasteiger partial charge in [-0.2, -0.15) is 17.5 Å². The molecule has 0 atom stereocenters. The van der Waals surface area contributed by atoms with Gasteiger partial charge in [-0.15, -0.1) is 0 Å². The molecular formula is C18H15F3N2O3S. The molecule has 0 saturated carbocycles. The van der Waals surface area contributed by atoms with Gasteiger partial charge in [0.15, 0.2) is 5.76 Å². The molecule has 5 nitrogen and oxygen atoms in total. The molecule has 9 heteroatoms. The number of halogens is 3. The molecule has 3 rings (SSSR count). The fraction of sp³-hybridized carbons (Fsp3) is 0.167. The first-order chi connectivity index (χ1) is 12.7. The van der Waals surface area contributed by atoms with Gasteiger partial charge in [-0.25, -0.2) is 8.42 Å². The van der Waals surface area contributed by atoms with Crippen molar-refractivity contribution in [2.45, 2.75) is 17.6 Å². The Kier molecular flexibility index (Phi) is 5.07. The molecule has 0 fully saturated rings. The fourth-order valence-electron chi connectivity index (χ4n) is 2.68. The fourth-order valence-corrected chi connectivity index (χ4v) is 4.02. The summed E-state index contributed by atoms with van der Waals surface area (Å²) in [5.41, 5.74) is -0.713. The third-order valence-electron chi connectivity index (χ3n) is 3.99. The second-order valence-corrected chi connectivity index (χ2v) is 7.80. The first-order valence-electron chi connectivity index (χ1n) is 7.83. The van der Waals surface area contributed by atoms with E-state index in [4.69, 9.17) is 4.52 Å². The summed E-state index contributed by atoms with van der Waals surface area (Å²) in [6.07, 6.45) is -3.19. The third-order valence-corrected chi connectivity index (χ3v) is 5.86. The molecule has 0 N–H and O–H groups in total. The lowest BCUT2D eigenvalue weighted by Crippen LogP contribution is -2.28. The summed E-state index contributed by atoms with van der Waals surface area (Å²) in [6, 6.07) is 12.5. The van der Waals surface area contributed by atoms with Crippen molar-refractivity contribution in [3.8, 4) is 11.3 Å². The van der Waals surface area contributed by atoms with Gasteiger partial charge in [0, 0.05) is 25.2 Å². The van der Waals surface area contributed by atoms with Crippen molar-refractivity contribution in [2.75, 3.05) is 7.05 Å². The predicted octanol–water partition coefficient (Wildman–Crippen LogP) is 4.18. The van der Waals surface area contributed by atoms with Gasteiger partial charge in [-0.3, -0.25) is 0 Å². The lowest BCUT2D eigenvalue weighted by Gasteiger charge is -2.21. The second kappa shape index (κ2) is 7.16. The average Bonchev–Trinajstić information content (AvgIpc) is 3.16. The van der Waals surface area contributed by atoms with E-state index in [0.29, 0.717) is 0 Å². The van der Waals surface area contributed by atoms with Crippen LogP contribution in [0.15, 0.2) is 70.2 Å². The SMILES string of the molecule is CN(Cc1ccccc1C(F)(F)F)S(=O)(=O)c1ccccc1-c1ccno1. The summed E-state index contributed by atoms with van der Waals surface area (Å²) in [4.78, 5) is -0.0752. The minimum atomic E-state index is -4.57. The summed E-state index contributed by atoms with van der Waals surface area (Å²) in [7, 11) is -2.84. The van der Waals surface area contributed by atoms with Crippen molar-refractivity contribution in [1.82, 2.24) is 9.46 Å². The van der Waals surface area contributed by atoms with Gasteiger partial charge < -0.3 is 4.52 Å². The minimum absolute atomic E-state index is 0.0752. The zero-order valence-corrected chi connectivity index (χ0v) is 15.0. The normalized spacial score (nSPS) is 12.5. The van der Waals surface area contributed by atoms with Gasteiger partial charge in [0.25, 0.3) is 0 Å². The number of nitrogens with zero attached hydrogens (tertiary/aromatic N) is 2. The van der Waals surface area contributed by atoms with Crippen LogP contribution in [0.4, 0.5) is 13.2 Å². The van der Waals surface area contributed by atoms with Crippen LogP contribution in [0.2, 0.25) is 0 Å². The van der Waals surface area contributed by atoms with Crippen molar-refractivity contribution < 1.29 is 26.1 Å². The third kappa shape index (κ3) is 3.88. The Bertz CT molecular complexity index is 1030. The maximum Gasteiger partial charge on any atom is 0.416 e. The summed E-state index contributed by atoms with van der Waals surface area (Å²) in [6.45, 7) is -0.428. The molecule has 0 amide bonds. The van der Waals surface area contributed by atoms with E-state index in [1.807, 2.05) is 0 Å². The molecule has 0 spiro atoms. The van der Waals surface area contributed by atoms with Crippen LogP contribution in [0.3, 0.4) is 0 Å². The van der Waals surface area contributed by atoms with Crippen LogP contribution in [-0.2, 0) is 22.7 Å². The quantitative estimate of drug-likeness (QED) is 0.649. The van der Waals surface area contributed by atoms with Crippen molar-refractivity contribution in [1.29, 1.82) is 0 Å². The Balaban J connectivity index is 1.99. The maximum absolute atomic E-state index is 13.2. The van der Waals surface area contributed by atoms with E-state index in [1.54, 1.807) is 12.1 Å². The molecule has 0 radical (unpaired) electrons. The maximum atomic E-state index is 13.2. The Hall–Kier alpha value is -2.65. The van der Waals surface area contributed by atoms with Gasteiger partial charge in [-0.05, 0) is 23.8 Å². The molecule has 1 aromatic heterocycles. The van der Waals surface area contributed by atoms with Crippen molar-refractivity contribution in [3.63, 3.8) is 0 Å². The predicted molar refractivity (Wildman–Crippen MR) is 92.0 cm³/mol. The van der Waals surface area contributed by atoms with Gasteiger partial charge in [-0.1, -0.05) is 35.5 Å². The van der Waals surface area contributed by atoms with Crippen LogP contribution in [0.25, 0.3) is 11.3 Å². The summed E-state index contributed by atoms with van der Waals surface area (Å²) < 4.78 is 71.5. The monoisotopic (exact) mass is 396 g/mol. The molecule has 0 unspecified atom stereocenters. The lowest BCUT2D eigenvalue weighted by molar-refractivity contribution is -0.138. The highest BCUT2D eigenvalue weighted by atomic mass is 32.2. The highest BCUT2D eigenvalue weighted by Gasteiger charge is 2.34. The molecule has 0 aliphatic carbocycles. The van der Waals surface area contributed by atoms with Crippen LogP contribution < -0.4 is 0 Å². The molecule has 27 heavy (non-hydrogen) atoms. The molecule has 0 aliphatic heterocycles. The standard InChI is InChI=1S/C18H15F3N2O3S/c1-23(12-13-6-2-4-8-15(13)18(19,20)21)27(24,25)17-9-5-3-7-14(17)16-10-11-22-26-16/h2-11H,12H2,1H3. The number of sulfonamides is 1.